The van der Waals surface area contributed by atoms with Crippen molar-refractivity contribution >= 4 is 5.52 Å². The van der Waals surface area contributed by atoms with Crippen molar-refractivity contribution < 1.29 is 18.3 Å². The summed E-state index contributed by atoms with van der Waals surface area (Å²) in [6.07, 6.45) is 1.44. The number of benzene rings is 1. The van der Waals surface area contributed by atoms with E-state index in [0.29, 0.717) is 29.6 Å². The third-order valence-corrected chi connectivity index (χ3v) is 6.52. The highest BCUT2D eigenvalue weighted by Crippen LogP contribution is 2.35. The van der Waals surface area contributed by atoms with E-state index >= 15 is 0 Å². The molecule has 11 heteroatoms. The van der Waals surface area contributed by atoms with E-state index in [9.17, 15) is 18.0 Å². The molecule has 0 amide bonds. The van der Waals surface area contributed by atoms with Crippen LogP contribution in [0.1, 0.15) is 55.1 Å². The number of aliphatic hydroxyl groups excluding tert-OH is 1. The number of aromatic nitrogens is 5. The number of fused-ring (bicyclic) bond motifs is 1. The van der Waals surface area contributed by atoms with Gasteiger partial charge in [-0.05, 0) is 61.6 Å². The molecule has 4 aromatic rings. The lowest BCUT2D eigenvalue weighted by Crippen LogP contribution is -2.28. The van der Waals surface area contributed by atoms with Crippen molar-refractivity contribution in [1.29, 1.82) is 0 Å². The summed E-state index contributed by atoms with van der Waals surface area (Å²) < 4.78 is 45.1. The standard InChI is InChI=1S/C20H22F3N3O.C7H11N3O/c1-13(2)9-24-10-15-8-17(20(21,22)23)18-12-25(19(27)26(18)11-15)16-6-4-5-14(3)7-16;1-10-4-8-9-7(10)5-2-6(11)3-5/h4-8,11-13,24H,9-10H2,1-3H3;4-6,11H,2-3H2,1H3. The highest BCUT2D eigenvalue weighted by molar-refractivity contribution is 5.58. The van der Waals surface area contributed by atoms with Gasteiger partial charge in [0.05, 0.1) is 22.9 Å². The normalized spacial score (nSPS) is 17.4. The molecule has 1 saturated carbocycles. The summed E-state index contributed by atoms with van der Waals surface area (Å²) in [5, 5.41) is 19.9. The Hall–Kier alpha value is -3.44. The van der Waals surface area contributed by atoms with Crippen molar-refractivity contribution in [2.24, 2.45) is 13.0 Å². The fraction of sp³-hybridized carbons (Fsp3) is 0.444. The Labute approximate surface area is 218 Å². The zero-order valence-electron chi connectivity index (χ0n) is 21.9. The number of nitrogens with one attached hydrogen (secondary N) is 1. The average molecular weight is 531 g/mol. The molecule has 0 unspecified atom stereocenters. The smallest absolute Gasteiger partial charge is 0.393 e. The van der Waals surface area contributed by atoms with Gasteiger partial charge < -0.3 is 15.0 Å². The maximum Gasteiger partial charge on any atom is 0.418 e. The Morgan fingerprint density at radius 1 is 1.18 bits per heavy atom. The van der Waals surface area contributed by atoms with Crippen LogP contribution >= 0.6 is 0 Å². The third-order valence-electron chi connectivity index (χ3n) is 6.52. The summed E-state index contributed by atoms with van der Waals surface area (Å²) in [6, 6.07) is 8.21. The van der Waals surface area contributed by atoms with Crippen molar-refractivity contribution in [2.75, 3.05) is 6.54 Å². The summed E-state index contributed by atoms with van der Waals surface area (Å²) in [7, 11) is 1.93. The van der Waals surface area contributed by atoms with Crippen molar-refractivity contribution in [3.63, 3.8) is 0 Å². The molecule has 0 atom stereocenters. The van der Waals surface area contributed by atoms with E-state index in [2.05, 4.69) is 15.5 Å². The first-order valence-electron chi connectivity index (χ1n) is 12.6. The number of nitrogens with zero attached hydrogens (tertiary/aromatic N) is 5. The molecule has 1 aromatic carbocycles. The van der Waals surface area contributed by atoms with Crippen LogP contribution in [0.15, 0.2) is 53.8 Å². The molecule has 0 bridgehead atoms. The largest absolute Gasteiger partial charge is 0.418 e. The lowest BCUT2D eigenvalue weighted by Gasteiger charge is -2.29. The van der Waals surface area contributed by atoms with Crippen molar-refractivity contribution in [3.05, 3.63) is 82.1 Å². The van der Waals surface area contributed by atoms with Gasteiger partial charge in [-0.1, -0.05) is 26.0 Å². The molecular weight excluding hydrogens is 497 g/mol. The summed E-state index contributed by atoms with van der Waals surface area (Å²) >= 11 is 0. The number of alkyl halides is 3. The molecule has 8 nitrogen and oxygen atoms in total. The Morgan fingerprint density at radius 2 is 1.92 bits per heavy atom. The Morgan fingerprint density at radius 3 is 2.50 bits per heavy atom. The maximum atomic E-state index is 13.6. The van der Waals surface area contributed by atoms with Gasteiger partial charge in [0, 0.05) is 31.9 Å². The van der Waals surface area contributed by atoms with Gasteiger partial charge in [-0.3, -0.25) is 8.97 Å². The van der Waals surface area contributed by atoms with Crippen LogP contribution in [0.4, 0.5) is 13.2 Å². The molecule has 0 spiro atoms. The average Bonchev–Trinajstić information content (AvgIpc) is 3.39. The number of rotatable bonds is 6. The molecule has 1 fully saturated rings. The number of hydrogen-bond acceptors (Lipinski definition) is 5. The molecule has 0 aliphatic heterocycles. The molecule has 0 radical (unpaired) electrons. The van der Waals surface area contributed by atoms with Gasteiger partial charge in [-0.25, -0.2) is 4.79 Å². The molecule has 1 aliphatic rings. The van der Waals surface area contributed by atoms with E-state index in [0.717, 1.165) is 34.7 Å². The van der Waals surface area contributed by atoms with Crippen LogP contribution in [-0.2, 0) is 19.8 Å². The molecule has 38 heavy (non-hydrogen) atoms. The first kappa shape index (κ1) is 27.6. The lowest BCUT2D eigenvalue weighted by atomic mass is 9.82. The second-order valence-electron chi connectivity index (χ2n) is 10.3. The first-order chi connectivity index (χ1) is 17.9. The second-order valence-corrected chi connectivity index (χ2v) is 10.3. The Bertz CT molecular complexity index is 1450. The van der Waals surface area contributed by atoms with Crippen molar-refractivity contribution in [2.45, 2.75) is 58.4 Å². The van der Waals surface area contributed by atoms with E-state index < -0.39 is 17.4 Å². The van der Waals surface area contributed by atoms with Crippen LogP contribution < -0.4 is 11.0 Å². The number of hydrogen-bond donors (Lipinski definition) is 2. The zero-order valence-corrected chi connectivity index (χ0v) is 21.9. The topological polar surface area (TPSA) is 89.4 Å². The highest BCUT2D eigenvalue weighted by atomic mass is 19.4. The third kappa shape index (κ3) is 6.16. The summed E-state index contributed by atoms with van der Waals surface area (Å²) in [5.41, 5.74) is 0.392. The monoisotopic (exact) mass is 530 g/mol. The van der Waals surface area contributed by atoms with Crippen LogP contribution in [0.5, 0.6) is 0 Å². The van der Waals surface area contributed by atoms with Crippen LogP contribution in [0.3, 0.4) is 0 Å². The minimum absolute atomic E-state index is 0.114. The molecule has 0 saturated heterocycles. The lowest BCUT2D eigenvalue weighted by molar-refractivity contribution is -0.136. The molecule has 5 rings (SSSR count). The molecule has 2 N–H and O–H groups in total. The van der Waals surface area contributed by atoms with Crippen LogP contribution in [0, 0.1) is 12.8 Å². The number of halogens is 3. The summed E-state index contributed by atoms with van der Waals surface area (Å²) in [5.74, 6) is 1.80. The summed E-state index contributed by atoms with van der Waals surface area (Å²) in [6.45, 7) is 6.84. The molecular formula is C27H33F3N6O2. The van der Waals surface area contributed by atoms with Gasteiger partial charge in [-0.2, -0.15) is 13.2 Å². The van der Waals surface area contributed by atoms with E-state index in [1.807, 2.05) is 38.5 Å². The van der Waals surface area contributed by atoms with Crippen LogP contribution in [0.2, 0.25) is 0 Å². The summed E-state index contributed by atoms with van der Waals surface area (Å²) in [4.78, 5) is 12.8. The van der Waals surface area contributed by atoms with Crippen LogP contribution in [0.25, 0.3) is 11.2 Å². The number of imidazole rings is 1. The predicted molar refractivity (Wildman–Crippen MR) is 138 cm³/mol. The van der Waals surface area contributed by atoms with Gasteiger partial charge in [0.1, 0.15) is 12.2 Å². The Balaban J connectivity index is 0.000000253. The van der Waals surface area contributed by atoms with Gasteiger partial charge in [0.15, 0.2) is 0 Å². The molecule has 3 aromatic heterocycles. The van der Waals surface area contributed by atoms with Crippen molar-refractivity contribution in [1.82, 2.24) is 29.0 Å². The minimum Gasteiger partial charge on any atom is -0.393 e. The van der Waals surface area contributed by atoms with E-state index in [1.165, 1.54) is 17.0 Å². The SMILES string of the molecule is Cc1cccc(-n2cc3c(C(F)(F)F)cc(CNCC(C)C)cn3c2=O)c1.Cn1cnnc1C1CC(O)C1. The second kappa shape index (κ2) is 11.1. The minimum atomic E-state index is -4.55. The van der Waals surface area contributed by atoms with Gasteiger partial charge in [-0.15, -0.1) is 10.2 Å². The van der Waals surface area contributed by atoms with Crippen molar-refractivity contribution in [3.8, 4) is 5.69 Å². The fourth-order valence-corrected chi connectivity index (χ4v) is 4.50. The maximum absolute atomic E-state index is 13.6. The molecule has 1 aliphatic carbocycles. The van der Waals surface area contributed by atoms with Crippen LogP contribution in [-0.4, -0.2) is 41.5 Å². The van der Waals surface area contributed by atoms with E-state index in [-0.39, 0.29) is 18.2 Å². The fourth-order valence-electron chi connectivity index (χ4n) is 4.50. The van der Waals surface area contributed by atoms with Gasteiger partial charge >= 0.3 is 11.9 Å². The van der Waals surface area contributed by atoms with E-state index in [4.69, 9.17) is 5.11 Å². The van der Waals surface area contributed by atoms with Gasteiger partial charge in [0.25, 0.3) is 0 Å². The zero-order chi connectivity index (χ0) is 27.6. The number of pyridine rings is 1. The first-order valence-corrected chi connectivity index (χ1v) is 12.6. The highest BCUT2D eigenvalue weighted by Gasteiger charge is 2.34. The van der Waals surface area contributed by atoms with E-state index in [1.54, 1.807) is 24.5 Å². The molecule has 204 valence electrons. The number of aryl methyl sites for hydroxylation is 2. The predicted octanol–water partition coefficient (Wildman–Crippen LogP) is 4.22. The van der Waals surface area contributed by atoms with Gasteiger partial charge in [0.2, 0.25) is 0 Å². The molecule has 3 heterocycles. The Kier molecular flexibility index (Phi) is 8.08. The quantitative estimate of drug-likeness (QED) is 0.390. The number of aliphatic hydroxyl groups is 1.